The molecule has 2 aliphatic heterocycles. The summed E-state index contributed by atoms with van der Waals surface area (Å²) in [5, 5.41) is 9.44. The van der Waals surface area contributed by atoms with Gasteiger partial charge in [0.05, 0.1) is 6.54 Å². The summed E-state index contributed by atoms with van der Waals surface area (Å²) in [7, 11) is 0. The third-order valence-corrected chi connectivity index (χ3v) is 1.45. The van der Waals surface area contributed by atoms with Crippen LogP contribution in [0.1, 0.15) is 0 Å². The van der Waals surface area contributed by atoms with Gasteiger partial charge in [0, 0.05) is 0 Å². The topological polar surface area (TPSA) is 56.0 Å². The van der Waals surface area contributed by atoms with Crippen LogP contribution in [0.15, 0.2) is 0 Å². The second-order valence-corrected chi connectivity index (χ2v) is 2.01. The first-order valence-corrected chi connectivity index (χ1v) is 2.45. The molecule has 1 atom stereocenters. The molecule has 4 nitrogen and oxygen atoms in total. The Labute approximate surface area is 46.0 Å². The summed E-state index contributed by atoms with van der Waals surface area (Å²) in [4.78, 5) is 12.1. The Hall–Kier alpha value is -1.06. The predicted octanol–water partition coefficient (Wildman–Crippen LogP) is -0.629. The lowest BCUT2D eigenvalue weighted by Gasteiger charge is -1.90. The second-order valence-electron chi connectivity index (χ2n) is 2.01. The lowest BCUT2D eigenvalue weighted by Crippen LogP contribution is -2.26. The van der Waals surface area contributed by atoms with Gasteiger partial charge < -0.3 is 4.90 Å². The predicted molar refractivity (Wildman–Crippen MR) is 26.8 cm³/mol. The van der Waals surface area contributed by atoms with Crippen LogP contribution in [0.3, 0.4) is 0 Å². The molecule has 2 N–H and O–H groups in total. The smallest absolute Gasteiger partial charge is 0.310 e. The average molecular weight is 111 g/mol. The van der Waals surface area contributed by atoms with Crippen molar-refractivity contribution in [2.75, 3.05) is 6.54 Å². The van der Waals surface area contributed by atoms with Crippen molar-refractivity contribution in [3.05, 3.63) is 0 Å². The number of hydrogen-bond acceptors (Lipinski definition) is 2. The van der Waals surface area contributed by atoms with Gasteiger partial charge in [0.2, 0.25) is 0 Å². The molecule has 42 valence electrons. The van der Waals surface area contributed by atoms with Crippen molar-refractivity contribution in [3.8, 4) is 0 Å². The molecule has 0 saturated carbocycles. The molecular weight excluding hydrogens is 106 g/mol. The normalized spacial score (nSPS) is 32.5. The van der Waals surface area contributed by atoms with Gasteiger partial charge in [-0.2, -0.15) is 0 Å². The number of carbonyl (C=O) groups is 1. The summed E-state index contributed by atoms with van der Waals surface area (Å²) < 4.78 is 0. The highest BCUT2D eigenvalue weighted by atomic mass is 16.2. The second kappa shape index (κ2) is 0.866. The summed E-state index contributed by atoms with van der Waals surface area (Å²) in [6, 6.07) is 0.00231. The highest BCUT2D eigenvalue weighted by Gasteiger charge is 2.48. The zero-order valence-electron chi connectivity index (χ0n) is 4.14. The maximum atomic E-state index is 10.5. The van der Waals surface area contributed by atoms with Crippen LogP contribution in [-0.4, -0.2) is 29.4 Å². The van der Waals surface area contributed by atoms with Crippen molar-refractivity contribution < 1.29 is 4.79 Å². The maximum Gasteiger partial charge on any atom is 0.323 e. The van der Waals surface area contributed by atoms with E-state index in [1.807, 2.05) is 0 Å². The molecule has 0 unspecified atom stereocenters. The van der Waals surface area contributed by atoms with Crippen LogP contribution in [0.25, 0.3) is 0 Å². The minimum absolute atomic E-state index is 0.111. The molecule has 0 aliphatic carbocycles. The van der Waals surface area contributed by atoms with E-state index in [1.165, 1.54) is 0 Å². The highest BCUT2D eigenvalue weighted by Crippen LogP contribution is 2.22. The van der Waals surface area contributed by atoms with E-state index in [-0.39, 0.29) is 12.1 Å². The van der Waals surface area contributed by atoms with E-state index in [0.29, 0.717) is 5.84 Å². The van der Waals surface area contributed by atoms with Crippen molar-refractivity contribution in [3.63, 3.8) is 0 Å². The standard InChI is InChI=1S/C4H5N3O/c5-3-2-1-7(2)4(8)6-3/h2H,1H2,(H2,5,6,8)/t2-,7?/m0/s1. The van der Waals surface area contributed by atoms with Gasteiger partial charge in [-0.15, -0.1) is 0 Å². The van der Waals surface area contributed by atoms with Crippen LogP contribution in [0.5, 0.6) is 0 Å². The number of amidine groups is 1. The molecule has 2 amide bonds. The van der Waals surface area contributed by atoms with E-state index in [2.05, 4.69) is 5.32 Å². The molecule has 0 spiro atoms. The molecule has 2 fully saturated rings. The van der Waals surface area contributed by atoms with Crippen LogP contribution in [0.4, 0.5) is 4.79 Å². The van der Waals surface area contributed by atoms with Gasteiger partial charge in [0.1, 0.15) is 11.9 Å². The highest BCUT2D eigenvalue weighted by molar-refractivity contribution is 6.09. The molecule has 0 radical (unpaired) electrons. The number of fused-ring (bicyclic) bond motifs is 1. The van der Waals surface area contributed by atoms with Gasteiger partial charge in [-0.05, 0) is 0 Å². The fraction of sp³-hybridized carbons (Fsp3) is 0.500. The van der Waals surface area contributed by atoms with Gasteiger partial charge in [0.25, 0.3) is 0 Å². The van der Waals surface area contributed by atoms with Crippen LogP contribution in [0, 0.1) is 5.41 Å². The van der Waals surface area contributed by atoms with Crippen molar-refractivity contribution >= 4 is 11.9 Å². The molecule has 0 aromatic carbocycles. The Morgan fingerprint density at radius 1 is 1.88 bits per heavy atom. The van der Waals surface area contributed by atoms with E-state index in [9.17, 15) is 4.79 Å². The van der Waals surface area contributed by atoms with Gasteiger partial charge >= 0.3 is 6.03 Å². The molecule has 2 rings (SSSR count). The van der Waals surface area contributed by atoms with E-state index in [1.54, 1.807) is 4.90 Å². The van der Waals surface area contributed by atoms with Crippen LogP contribution >= 0.6 is 0 Å². The number of nitrogens with zero attached hydrogens (tertiary/aromatic N) is 1. The van der Waals surface area contributed by atoms with E-state index in [0.717, 1.165) is 6.54 Å². The van der Waals surface area contributed by atoms with Crippen LogP contribution in [-0.2, 0) is 0 Å². The quantitative estimate of drug-likeness (QED) is 0.402. The molecule has 0 bridgehead atoms. The lowest BCUT2D eigenvalue weighted by molar-refractivity contribution is 0.236. The van der Waals surface area contributed by atoms with Crippen molar-refractivity contribution in [1.82, 2.24) is 10.2 Å². The molecule has 2 aliphatic rings. The first-order chi connectivity index (χ1) is 3.79. The molecule has 0 aromatic heterocycles. The summed E-state index contributed by atoms with van der Waals surface area (Å²) in [5.41, 5.74) is 0. The number of rotatable bonds is 0. The fourth-order valence-electron chi connectivity index (χ4n) is 0.881. The van der Waals surface area contributed by atoms with Crippen LogP contribution in [0.2, 0.25) is 0 Å². The van der Waals surface area contributed by atoms with E-state index < -0.39 is 0 Å². The van der Waals surface area contributed by atoms with Gasteiger partial charge in [-0.1, -0.05) is 0 Å². The molecular formula is C4H5N3O. The zero-order chi connectivity index (χ0) is 5.72. The largest absolute Gasteiger partial charge is 0.323 e. The Morgan fingerprint density at radius 3 is 2.75 bits per heavy atom. The molecule has 2 heterocycles. The minimum atomic E-state index is -0.111. The average Bonchev–Trinajstić information content (AvgIpc) is 2.35. The Morgan fingerprint density at radius 2 is 2.62 bits per heavy atom. The summed E-state index contributed by atoms with van der Waals surface area (Å²) in [5.74, 6) is 0.356. The third-order valence-electron chi connectivity index (χ3n) is 1.45. The number of urea groups is 1. The first kappa shape index (κ1) is 3.88. The fourth-order valence-corrected chi connectivity index (χ4v) is 0.881. The number of nitrogens with one attached hydrogen (secondary N) is 2. The monoisotopic (exact) mass is 111 g/mol. The number of amides is 2. The van der Waals surface area contributed by atoms with Gasteiger partial charge in [0.15, 0.2) is 0 Å². The van der Waals surface area contributed by atoms with E-state index >= 15 is 0 Å². The Kier molecular flexibility index (Phi) is 0.420. The summed E-state index contributed by atoms with van der Waals surface area (Å²) >= 11 is 0. The minimum Gasteiger partial charge on any atom is -0.310 e. The Balaban J connectivity index is 2.31. The SMILES string of the molecule is N=C1NC(=O)N2C[C@@H]12. The maximum absolute atomic E-state index is 10.5. The molecule has 2 saturated heterocycles. The Bertz CT molecular complexity index is 158. The third kappa shape index (κ3) is 0.267. The molecule has 0 aromatic rings. The van der Waals surface area contributed by atoms with Crippen LogP contribution < -0.4 is 5.32 Å². The van der Waals surface area contributed by atoms with Gasteiger partial charge in [-0.25, -0.2) is 4.79 Å². The van der Waals surface area contributed by atoms with Crippen molar-refractivity contribution in [2.45, 2.75) is 6.04 Å². The summed E-state index contributed by atoms with van der Waals surface area (Å²) in [6.45, 7) is 0.755. The summed E-state index contributed by atoms with van der Waals surface area (Å²) in [6.07, 6.45) is 0. The number of hydrogen-bond donors (Lipinski definition) is 2. The van der Waals surface area contributed by atoms with Gasteiger partial charge in [-0.3, -0.25) is 10.7 Å². The zero-order valence-corrected chi connectivity index (χ0v) is 4.14. The van der Waals surface area contributed by atoms with Crippen molar-refractivity contribution in [1.29, 1.82) is 5.41 Å². The van der Waals surface area contributed by atoms with E-state index in [4.69, 9.17) is 5.41 Å². The number of carbonyl (C=O) groups excluding carboxylic acids is 1. The van der Waals surface area contributed by atoms with Crippen molar-refractivity contribution in [2.24, 2.45) is 0 Å². The lowest BCUT2D eigenvalue weighted by atomic mass is 10.4. The first-order valence-electron chi connectivity index (χ1n) is 2.45. The molecule has 4 heteroatoms. The molecule has 8 heavy (non-hydrogen) atoms.